The van der Waals surface area contributed by atoms with Gasteiger partial charge in [-0.15, -0.1) is 0 Å². The summed E-state index contributed by atoms with van der Waals surface area (Å²) in [6.07, 6.45) is 3.24. The fourth-order valence-electron chi connectivity index (χ4n) is 2.94. The van der Waals surface area contributed by atoms with Gasteiger partial charge < -0.3 is 4.74 Å². The van der Waals surface area contributed by atoms with Crippen molar-refractivity contribution in [3.8, 4) is 6.07 Å². The van der Waals surface area contributed by atoms with Crippen LogP contribution in [0.4, 0.5) is 0 Å². The first-order valence-corrected chi connectivity index (χ1v) is 11.0. The molecule has 0 aliphatic rings. The van der Waals surface area contributed by atoms with Gasteiger partial charge in [-0.2, -0.15) is 9.57 Å². The summed E-state index contributed by atoms with van der Waals surface area (Å²) in [6.45, 7) is 2.23. The normalized spacial score (nSPS) is 11.1. The summed E-state index contributed by atoms with van der Waals surface area (Å²) >= 11 is 0. The molecule has 0 spiro atoms. The monoisotopic (exact) mass is 435 g/mol. The van der Waals surface area contributed by atoms with Gasteiger partial charge in [-0.1, -0.05) is 18.2 Å². The van der Waals surface area contributed by atoms with E-state index in [4.69, 9.17) is 10.00 Å². The van der Waals surface area contributed by atoms with Gasteiger partial charge in [0.05, 0.1) is 28.7 Å². The molecule has 0 aliphatic carbocycles. The van der Waals surface area contributed by atoms with Crippen molar-refractivity contribution in [1.29, 1.82) is 5.26 Å². The van der Waals surface area contributed by atoms with Crippen molar-refractivity contribution in [3.05, 3.63) is 95.3 Å². The van der Waals surface area contributed by atoms with Crippen LogP contribution in [0.5, 0.6) is 0 Å². The minimum atomic E-state index is -3.85. The molecule has 1 aromatic heterocycles. The van der Waals surface area contributed by atoms with Gasteiger partial charge in [0.15, 0.2) is 0 Å². The molecule has 31 heavy (non-hydrogen) atoms. The molecule has 0 unspecified atom stereocenters. The van der Waals surface area contributed by atoms with Gasteiger partial charge in [-0.3, -0.25) is 4.98 Å². The van der Waals surface area contributed by atoms with Gasteiger partial charge in [0.25, 0.3) is 0 Å². The van der Waals surface area contributed by atoms with Crippen LogP contribution in [0.1, 0.15) is 34.0 Å². The first-order chi connectivity index (χ1) is 14.9. The molecule has 2 aromatic carbocycles. The predicted molar refractivity (Wildman–Crippen MR) is 114 cm³/mol. The number of pyridine rings is 1. The summed E-state index contributed by atoms with van der Waals surface area (Å²) in [4.78, 5) is 16.0. The molecule has 0 bridgehead atoms. The van der Waals surface area contributed by atoms with E-state index < -0.39 is 16.0 Å². The number of aromatic nitrogens is 1. The Hall–Kier alpha value is -3.54. The summed E-state index contributed by atoms with van der Waals surface area (Å²) in [6, 6.07) is 18.0. The number of hydrogen-bond acceptors (Lipinski definition) is 6. The van der Waals surface area contributed by atoms with Crippen LogP contribution in [0.2, 0.25) is 0 Å². The summed E-state index contributed by atoms with van der Waals surface area (Å²) < 4.78 is 33.0. The molecule has 0 aliphatic heterocycles. The van der Waals surface area contributed by atoms with Crippen molar-refractivity contribution in [3.63, 3.8) is 0 Å². The summed E-state index contributed by atoms with van der Waals surface area (Å²) in [5.41, 5.74) is 2.24. The number of sulfonamides is 1. The smallest absolute Gasteiger partial charge is 0.338 e. The van der Waals surface area contributed by atoms with Gasteiger partial charge in [0, 0.05) is 25.5 Å². The highest BCUT2D eigenvalue weighted by Crippen LogP contribution is 2.22. The summed E-state index contributed by atoms with van der Waals surface area (Å²) in [5, 5.41) is 8.98. The lowest BCUT2D eigenvalue weighted by Gasteiger charge is -2.22. The van der Waals surface area contributed by atoms with Gasteiger partial charge >= 0.3 is 5.97 Å². The molecule has 3 rings (SSSR count). The Morgan fingerprint density at radius 3 is 2.29 bits per heavy atom. The number of nitrogens with zero attached hydrogens (tertiary/aromatic N) is 3. The maximum absolute atomic E-state index is 13.3. The molecule has 0 fully saturated rings. The third kappa shape index (κ3) is 5.54. The minimum Gasteiger partial charge on any atom is -0.462 e. The highest BCUT2D eigenvalue weighted by atomic mass is 32.2. The van der Waals surface area contributed by atoms with Gasteiger partial charge in [0.1, 0.15) is 0 Å². The Morgan fingerprint density at radius 2 is 1.71 bits per heavy atom. The molecule has 7 nitrogen and oxygen atoms in total. The van der Waals surface area contributed by atoms with Crippen molar-refractivity contribution in [2.75, 3.05) is 6.61 Å². The minimum absolute atomic E-state index is 0.0959. The Labute approximate surface area is 181 Å². The third-order valence-electron chi connectivity index (χ3n) is 4.53. The van der Waals surface area contributed by atoms with E-state index in [1.165, 1.54) is 28.6 Å². The van der Waals surface area contributed by atoms with Crippen molar-refractivity contribution >= 4 is 16.0 Å². The van der Waals surface area contributed by atoms with Crippen molar-refractivity contribution in [1.82, 2.24) is 9.29 Å². The SMILES string of the molecule is CCOC(=O)c1ccc(CN(Cc2cccnc2)S(=O)(=O)c2ccc(C#N)cc2)cc1. The average Bonchev–Trinajstić information content (AvgIpc) is 2.80. The zero-order valence-corrected chi connectivity index (χ0v) is 17.7. The molecule has 158 valence electrons. The Morgan fingerprint density at radius 1 is 1.03 bits per heavy atom. The predicted octanol–water partition coefficient (Wildman–Crippen LogP) is 3.52. The maximum Gasteiger partial charge on any atom is 0.338 e. The van der Waals surface area contributed by atoms with Crippen molar-refractivity contribution in [2.45, 2.75) is 24.9 Å². The molecule has 0 radical (unpaired) electrons. The molecule has 8 heteroatoms. The second-order valence-electron chi connectivity index (χ2n) is 6.69. The lowest BCUT2D eigenvalue weighted by atomic mass is 10.1. The molecule has 0 amide bonds. The lowest BCUT2D eigenvalue weighted by Crippen LogP contribution is -2.30. The van der Waals surface area contributed by atoms with E-state index >= 15 is 0 Å². The number of ether oxygens (including phenoxy) is 1. The molecule has 0 saturated carbocycles. The summed E-state index contributed by atoms with van der Waals surface area (Å²) in [5.74, 6) is -0.425. The van der Waals surface area contributed by atoms with E-state index in [9.17, 15) is 13.2 Å². The highest BCUT2D eigenvalue weighted by Gasteiger charge is 2.25. The number of hydrogen-bond donors (Lipinski definition) is 0. The first-order valence-electron chi connectivity index (χ1n) is 9.59. The number of carbonyl (C=O) groups is 1. The molecule has 0 N–H and O–H groups in total. The number of benzene rings is 2. The van der Waals surface area contributed by atoms with E-state index in [-0.39, 0.29) is 24.6 Å². The molecule has 0 saturated heterocycles. The molecule has 1 heterocycles. The number of carbonyl (C=O) groups excluding carboxylic acids is 1. The molecular weight excluding hydrogens is 414 g/mol. The Kier molecular flexibility index (Phi) is 7.13. The fraction of sp³-hybridized carbons (Fsp3) is 0.174. The van der Waals surface area contributed by atoms with E-state index in [1.54, 1.807) is 55.7 Å². The van der Waals surface area contributed by atoms with E-state index in [0.29, 0.717) is 16.7 Å². The topological polar surface area (TPSA) is 100 Å². The van der Waals surface area contributed by atoms with Crippen LogP contribution in [0.25, 0.3) is 0 Å². The average molecular weight is 436 g/mol. The highest BCUT2D eigenvalue weighted by molar-refractivity contribution is 7.89. The second kappa shape index (κ2) is 9.98. The van der Waals surface area contributed by atoms with E-state index in [1.807, 2.05) is 6.07 Å². The Bertz CT molecular complexity index is 1170. The van der Waals surface area contributed by atoms with Crippen molar-refractivity contribution < 1.29 is 17.9 Å². The van der Waals surface area contributed by atoms with Crippen molar-refractivity contribution in [2.24, 2.45) is 0 Å². The third-order valence-corrected chi connectivity index (χ3v) is 6.33. The summed E-state index contributed by atoms with van der Waals surface area (Å²) in [7, 11) is -3.85. The molecular formula is C23H21N3O4S. The lowest BCUT2D eigenvalue weighted by molar-refractivity contribution is 0.0526. The molecule has 0 atom stereocenters. The number of nitriles is 1. The number of esters is 1. The van der Waals surface area contributed by atoms with Crippen LogP contribution < -0.4 is 0 Å². The van der Waals surface area contributed by atoms with Crippen LogP contribution >= 0.6 is 0 Å². The van der Waals surface area contributed by atoms with Crippen LogP contribution in [-0.4, -0.2) is 30.3 Å². The van der Waals surface area contributed by atoms with E-state index in [0.717, 1.165) is 5.56 Å². The van der Waals surface area contributed by atoms with E-state index in [2.05, 4.69) is 4.98 Å². The van der Waals surface area contributed by atoms with Gasteiger partial charge in [0.2, 0.25) is 10.0 Å². The maximum atomic E-state index is 13.3. The zero-order chi connectivity index (χ0) is 22.3. The van der Waals surface area contributed by atoms with Crippen LogP contribution in [0.15, 0.2) is 78.0 Å². The second-order valence-corrected chi connectivity index (χ2v) is 8.63. The van der Waals surface area contributed by atoms with Gasteiger partial charge in [-0.05, 0) is 60.5 Å². The van der Waals surface area contributed by atoms with Crippen LogP contribution in [-0.2, 0) is 27.8 Å². The van der Waals surface area contributed by atoms with Crippen LogP contribution in [0, 0.1) is 11.3 Å². The number of rotatable bonds is 8. The fourth-order valence-corrected chi connectivity index (χ4v) is 4.35. The zero-order valence-electron chi connectivity index (χ0n) is 16.9. The van der Waals surface area contributed by atoms with Crippen LogP contribution in [0.3, 0.4) is 0 Å². The molecule has 3 aromatic rings. The Balaban J connectivity index is 1.91. The quantitative estimate of drug-likeness (QED) is 0.502. The standard InChI is InChI=1S/C23H21N3O4S/c1-2-30-23(27)21-9-5-19(6-10-21)16-26(17-20-4-3-13-25-15-20)31(28,29)22-11-7-18(14-24)8-12-22/h3-13,15H,2,16-17H2,1H3. The van der Waals surface area contributed by atoms with Gasteiger partial charge in [-0.25, -0.2) is 13.2 Å². The largest absolute Gasteiger partial charge is 0.462 e. The first kappa shape index (κ1) is 22.2.